The molecule has 3 fully saturated rings. The lowest BCUT2D eigenvalue weighted by molar-refractivity contribution is -0.127. The molecule has 1 amide bonds. The summed E-state index contributed by atoms with van der Waals surface area (Å²) < 4.78 is 27.1. The molecule has 0 bridgehead atoms. The Morgan fingerprint density at radius 2 is 1.91 bits per heavy atom. The second-order valence-corrected chi connectivity index (χ2v) is 14.9. The van der Waals surface area contributed by atoms with Gasteiger partial charge in [-0.25, -0.2) is 4.39 Å². The number of nitrogens with zero attached hydrogens (tertiary/aromatic N) is 2. The quantitative estimate of drug-likeness (QED) is 0.302. The lowest BCUT2D eigenvalue weighted by Gasteiger charge is -2.51. The van der Waals surface area contributed by atoms with Crippen molar-refractivity contribution in [2.45, 2.75) is 82.7 Å². The van der Waals surface area contributed by atoms with Gasteiger partial charge in [-0.1, -0.05) is 60.4 Å². The Morgan fingerprint density at radius 3 is 2.61 bits per heavy atom. The Balaban J connectivity index is 1.31. The number of Topliss-reactive ketones (excluding diaryl/α,β-unsaturated/α-hetero) is 1. The summed E-state index contributed by atoms with van der Waals surface area (Å²) in [6.07, 6.45) is 6.59. The van der Waals surface area contributed by atoms with Crippen molar-refractivity contribution in [1.29, 1.82) is 0 Å². The first-order chi connectivity index (χ1) is 21.0. The number of benzene rings is 2. The molecule has 2 aromatic carbocycles. The minimum absolute atomic E-state index is 0.00297. The minimum Gasteiger partial charge on any atom is -0.370 e. The first-order valence-corrected chi connectivity index (χ1v) is 16.3. The number of carbonyl (C=O) groups is 2. The summed E-state index contributed by atoms with van der Waals surface area (Å²) in [5.41, 5.74) is 0.182. The number of amides is 1. The van der Waals surface area contributed by atoms with Crippen LogP contribution in [0.25, 0.3) is 0 Å². The van der Waals surface area contributed by atoms with Gasteiger partial charge in [-0.2, -0.15) is 4.98 Å². The van der Waals surface area contributed by atoms with Gasteiger partial charge in [0.25, 0.3) is 0 Å². The van der Waals surface area contributed by atoms with Crippen LogP contribution in [0.1, 0.15) is 94.2 Å². The van der Waals surface area contributed by atoms with E-state index in [0.29, 0.717) is 41.5 Å². The summed E-state index contributed by atoms with van der Waals surface area (Å²) in [6.45, 7) is 4.90. The van der Waals surface area contributed by atoms with Crippen LogP contribution in [0.3, 0.4) is 0 Å². The van der Waals surface area contributed by atoms with Crippen LogP contribution in [0, 0.1) is 28.5 Å². The van der Waals surface area contributed by atoms with E-state index in [2.05, 4.69) is 29.3 Å². The van der Waals surface area contributed by atoms with Crippen LogP contribution in [0.2, 0.25) is 10.0 Å². The minimum atomic E-state index is -1.15. The molecular formula is C34H36Cl2FN3O4. The molecule has 1 N–H and O–H groups in total. The molecule has 2 saturated carbocycles. The molecule has 1 saturated heterocycles. The van der Waals surface area contributed by atoms with Crippen molar-refractivity contribution in [2.24, 2.45) is 22.7 Å². The smallest absolute Gasteiger partial charge is 0.236 e. The van der Waals surface area contributed by atoms with E-state index in [1.807, 2.05) is 6.07 Å². The van der Waals surface area contributed by atoms with Crippen LogP contribution in [0.4, 0.5) is 10.1 Å². The Morgan fingerprint density at radius 1 is 1.11 bits per heavy atom. The monoisotopic (exact) mass is 639 g/mol. The van der Waals surface area contributed by atoms with E-state index in [1.165, 1.54) is 12.5 Å². The fraction of sp³-hybridized carbons (Fsp3) is 0.529. The Hall–Kier alpha value is -2.81. The number of ether oxygens (including phenoxy) is 1. The van der Waals surface area contributed by atoms with Crippen LogP contribution in [0.5, 0.6) is 0 Å². The second kappa shape index (κ2) is 10.9. The molecule has 2 aliphatic carbocycles. The third-order valence-corrected chi connectivity index (χ3v) is 11.7. The summed E-state index contributed by atoms with van der Waals surface area (Å²) in [5, 5.41) is 7.52. The maximum Gasteiger partial charge on any atom is 0.236 e. The van der Waals surface area contributed by atoms with Crippen molar-refractivity contribution < 1.29 is 23.2 Å². The molecule has 5 atom stereocenters. The van der Waals surface area contributed by atoms with Gasteiger partial charge in [-0.05, 0) is 91.0 Å². The average Bonchev–Trinajstić information content (AvgIpc) is 3.70. The van der Waals surface area contributed by atoms with Gasteiger partial charge in [0.2, 0.25) is 12.3 Å². The normalized spacial score (nSPS) is 30.4. The zero-order chi connectivity index (χ0) is 30.9. The van der Waals surface area contributed by atoms with Crippen molar-refractivity contribution in [1.82, 2.24) is 10.1 Å². The first kappa shape index (κ1) is 29.9. The van der Waals surface area contributed by atoms with Crippen molar-refractivity contribution in [3.63, 3.8) is 0 Å². The number of anilines is 1. The predicted molar refractivity (Wildman–Crippen MR) is 164 cm³/mol. The maximum atomic E-state index is 16.2. The number of hydrogen-bond acceptors (Lipinski definition) is 6. The van der Waals surface area contributed by atoms with E-state index in [0.717, 1.165) is 37.7 Å². The Kier molecular flexibility index (Phi) is 7.41. The third-order valence-electron chi connectivity index (χ3n) is 11.1. The number of ketones is 1. The van der Waals surface area contributed by atoms with Gasteiger partial charge in [0.1, 0.15) is 17.7 Å². The Labute approximate surface area is 266 Å². The predicted octanol–water partition coefficient (Wildman–Crippen LogP) is 8.22. The molecule has 2 spiro atoms. The molecule has 7 rings (SSSR count). The van der Waals surface area contributed by atoms with Gasteiger partial charge in [0.15, 0.2) is 5.82 Å². The first-order valence-electron chi connectivity index (χ1n) is 15.5. The van der Waals surface area contributed by atoms with Crippen molar-refractivity contribution in [3.05, 3.63) is 75.6 Å². The number of hydrogen-bond donors (Lipinski definition) is 1. The molecule has 0 unspecified atom stereocenters. The highest BCUT2D eigenvalue weighted by molar-refractivity contribution is 6.31. The molecule has 2 aliphatic heterocycles. The highest BCUT2D eigenvalue weighted by Crippen LogP contribution is 2.72. The fourth-order valence-electron chi connectivity index (χ4n) is 8.92. The van der Waals surface area contributed by atoms with Gasteiger partial charge in [-0.3, -0.25) is 9.59 Å². The number of nitrogens with one attached hydrogen (secondary N) is 1. The number of rotatable bonds is 5. The van der Waals surface area contributed by atoms with E-state index >= 15 is 4.39 Å². The van der Waals surface area contributed by atoms with Crippen LogP contribution in [-0.4, -0.2) is 28.4 Å². The van der Waals surface area contributed by atoms with E-state index in [-0.39, 0.29) is 40.6 Å². The standard InChI is InChI=1S/C34H36Cl2FN3O4/c1-32(2)10-12-33(13-11-32)16-22(26(41)14-19-6-9-27(43-17-19)30-38-18-44-40-30)28(21-4-3-5-24(36)29(21)37)34(33)23-8-7-20(35)15-25(23)39-31(34)42/h3-5,7-8,15,18-19,22,27-28H,6,9-14,16-17H2,1-2H3,(H,39,42)/t19-,22-,27-,28-,34+/m0/s1. The SMILES string of the molecule is CC1(C)CCC2(CC1)C[C@@H](C(=O)C[C@@H]1CC[C@@H](c3ncon3)OC1)[C@H](c1cccc(Cl)c1F)[C@]21C(=O)Nc2cc(Cl)ccc21. The summed E-state index contributed by atoms with van der Waals surface area (Å²) in [6, 6.07) is 10.4. The lowest BCUT2D eigenvalue weighted by atomic mass is 9.51. The van der Waals surface area contributed by atoms with Crippen molar-refractivity contribution >= 4 is 40.6 Å². The van der Waals surface area contributed by atoms with Crippen LogP contribution in [-0.2, 0) is 19.7 Å². The van der Waals surface area contributed by atoms with E-state index in [9.17, 15) is 9.59 Å². The van der Waals surface area contributed by atoms with Crippen molar-refractivity contribution in [3.8, 4) is 0 Å². The van der Waals surface area contributed by atoms with E-state index in [1.54, 1.807) is 24.3 Å². The summed E-state index contributed by atoms with van der Waals surface area (Å²) >= 11 is 12.8. The largest absolute Gasteiger partial charge is 0.370 e. The summed E-state index contributed by atoms with van der Waals surface area (Å²) in [7, 11) is 0. The number of carbonyl (C=O) groups excluding carboxylic acids is 2. The fourth-order valence-corrected chi connectivity index (χ4v) is 9.27. The molecule has 44 heavy (non-hydrogen) atoms. The Bertz CT molecular complexity index is 1590. The maximum absolute atomic E-state index is 16.2. The number of aromatic nitrogens is 2. The number of halogens is 3. The van der Waals surface area contributed by atoms with Gasteiger partial charge >= 0.3 is 0 Å². The van der Waals surface area contributed by atoms with Crippen LogP contribution < -0.4 is 5.32 Å². The summed E-state index contributed by atoms with van der Waals surface area (Å²) in [4.78, 5) is 33.3. The van der Waals surface area contributed by atoms with Crippen LogP contribution in [0.15, 0.2) is 47.3 Å². The zero-order valence-electron chi connectivity index (χ0n) is 24.9. The van der Waals surface area contributed by atoms with Gasteiger partial charge in [0, 0.05) is 29.0 Å². The molecule has 3 heterocycles. The highest BCUT2D eigenvalue weighted by atomic mass is 35.5. The van der Waals surface area contributed by atoms with Gasteiger partial charge in [-0.15, -0.1) is 0 Å². The van der Waals surface area contributed by atoms with Gasteiger partial charge < -0.3 is 14.6 Å². The zero-order valence-corrected chi connectivity index (χ0v) is 26.4. The van der Waals surface area contributed by atoms with Gasteiger partial charge in [0.05, 0.1) is 17.0 Å². The molecular weight excluding hydrogens is 604 g/mol. The average molecular weight is 641 g/mol. The molecule has 0 radical (unpaired) electrons. The molecule has 7 nitrogen and oxygen atoms in total. The lowest BCUT2D eigenvalue weighted by Crippen LogP contribution is -2.52. The number of fused-ring (bicyclic) bond motifs is 3. The molecule has 1 aromatic heterocycles. The third kappa shape index (κ3) is 4.62. The van der Waals surface area contributed by atoms with Crippen LogP contribution >= 0.6 is 23.2 Å². The highest BCUT2D eigenvalue weighted by Gasteiger charge is 2.72. The molecule has 4 aliphatic rings. The van der Waals surface area contributed by atoms with Crippen molar-refractivity contribution in [2.75, 3.05) is 11.9 Å². The molecule has 3 aromatic rings. The second-order valence-electron chi connectivity index (χ2n) is 14.1. The van der Waals surface area contributed by atoms with E-state index in [4.69, 9.17) is 32.5 Å². The summed E-state index contributed by atoms with van der Waals surface area (Å²) in [5.74, 6) is -1.51. The topological polar surface area (TPSA) is 94.3 Å². The molecule has 232 valence electrons. The van der Waals surface area contributed by atoms with E-state index < -0.39 is 28.5 Å². The molecule has 10 heteroatoms.